The summed E-state index contributed by atoms with van der Waals surface area (Å²) in [7, 11) is 0. The molecule has 0 aliphatic carbocycles. The number of hydrogen-bond donors (Lipinski definition) is 2. The highest BCUT2D eigenvalue weighted by Crippen LogP contribution is 2.30. The molecule has 0 spiro atoms. The van der Waals surface area contributed by atoms with Gasteiger partial charge in [0.2, 0.25) is 11.8 Å². The Labute approximate surface area is 177 Å². The molecule has 7 heteroatoms. The van der Waals surface area contributed by atoms with Crippen LogP contribution < -0.4 is 15.5 Å². The van der Waals surface area contributed by atoms with Crippen LogP contribution in [0.15, 0.2) is 48.5 Å². The van der Waals surface area contributed by atoms with E-state index < -0.39 is 0 Å². The number of nitrogens with zero attached hydrogens (tertiary/aromatic N) is 2. The first-order valence-corrected chi connectivity index (χ1v) is 9.88. The van der Waals surface area contributed by atoms with Gasteiger partial charge in [-0.3, -0.25) is 19.4 Å². The predicted molar refractivity (Wildman–Crippen MR) is 118 cm³/mol. The number of fused-ring (bicyclic) bond motifs is 1. The number of hydrogen-bond acceptors (Lipinski definition) is 4. The Morgan fingerprint density at radius 2 is 1.90 bits per heavy atom. The second-order valence-corrected chi connectivity index (χ2v) is 7.33. The van der Waals surface area contributed by atoms with Crippen molar-refractivity contribution in [2.75, 3.05) is 42.9 Å². The number of carbonyl (C=O) groups is 2. The molecule has 0 bridgehead atoms. The number of benzene rings is 2. The Hall–Kier alpha value is -2.41. The van der Waals surface area contributed by atoms with Gasteiger partial charge in [-0.25, -0.2) is 0 Å². The second kappa shape index (κ2) is 9.39. The number of carbonyl (C=O) groups excluding carboxylic acids is 2. The molecule has 2 aromatic rings. The Morgan fingerprint density at radius 3 is 2.66 bits per heavy atom. The number of nitrogens with one attached hydrogen (secondary N) is 2. The molecule has 29 heavy (non-hydrogen) atoms. The number of aryl methyl sites for hydroxylation is 1. The van der Waals surface area contributed by atoms with Crippen LogP contribution >= 0.6 is 12.4 Å². The summed E-state index contributed by atoms with van der Waals surface area (Å²) in [5, 5.41) is 6.27. The minimum atomic E-state index is -0.154. The van der Waals surface area contributed by atoms with Crippen molar-refractivity contribution in [3.63, 3.8) is 0 Å². The van der Waals surface area contributed by atoms with E-state index in [0.29, 0.717) is 12.2 Å². The molecule has 1 atom stereocenters. The van der Waals surface area contributed by atoms with E-state index in [-0.39, 0.29) is 36.8 Å². The average molecular weight is 415 g/mol. The van der Waals surface area contributed by atoms with E-state index in [1.165, 1.54) is 11.1 Å². The van der Waals surface area contributed by atoms with Gasteiger partial charge in [-0.05, 0) is 29.7 Å². The molecule has 154 valence electrons. The van der Waals surface area contributed by atoms with Gasteiger partial charge >= 0.3 is 0 Å². The third-order valence-corrected chi connectivity index (χ3v) is 5.54. The van der Waals surface area contributed by atoms with Gasteiger partial charge in [0, 0.05) is 25.7 Å². The Balaban J connectivity index is 0.00000240. The second-order valence-electron chi connectivity index (χ2n) is 7.33. The van der Waals surface area contributed by atoms with Crippen LogP contribution in [-0.4, -0.2) is 49.4 Å². The van der Waals surface area contributed by atoms with Crippen LogP contribution in [0.25, 0.3) is 0 Å². The molecule has 1 saturated heterocycles. The number of piperazine rings is 1. The summed E-state index contributed by atoms with van der Waals surface area (Å²) in [6.07, 6.45) is 1.02. The van der Waals surface area contributed by atoms with E-state index in [0.717, 1.165) is 31.7 Å². The summed E-state index contributed by atoms with van der Waals surface area (Å²) in [6.45, 7) is 4.98. The summed E-state index contributed by atoms with van der Waals surface area (Å²) in [5.74, 6) is -0.196. The molecule has 4 rings (SSSR count). The summed E-state index contributed by atoms with van der Waals surface area (Å²) >= 11 is 0. The van der Waals surface area contributed by atoms with Crippen LogP contribution in [0.5, 0.6) is 0 Å². The van der Waals surface area contributed by atoms with Crippen molar-refractivity contribution in [2.24, 2.45) is 0 Å². The van der Waals surface area contributed by atoms with Crippen LogP contribution in [0, 0.1) is 0 Å². The molecule has 1 unspecified atom stereocenters. The maximum Gasteiger partial charge on any atom is 0.244 e. The van der Waals surface area contributed by atoms with Gasteiger partial charge in [0.15, 0.2) is 0 Å². The largest absolute Gasteiger partial charge is 0.323 e. The molecule has 1 fully saturated rings. The molecule has 6 nitrogen and oxygen atoms in total. The summed E-state index contributed by atoms with van der Waals surface area (Å²) in [4.78, 5) is 29.0. The zero-order chi connectivity index (χ0) is 19.5. The molecule has 2 heterocycles. The Kier molecular flexibility index (Phi) is 6.90. The smallest absolute Gasteiger partial charge is 0.244 e. The zero-order valence-electron chi connectivity index (χ0n) is 16.6. The van der Waals surface area contributed by atoms with Gasteiger partial charge in [0.25, 0.3) is 0 Å². The van der Waals surface area contributed by atoms with Crippen molar-refractivity contribution in [3.05, 3.63) is 59.7 Å². The first kappa shape index (κ1) is 21.3. The van der Waals surface area contributed by atoms with Crippen molar-refractivity contribution in [1.29, 1.82) is 0 Å². The van der Waals surface area contributed by atoms with Crippen molar-refractivity contribution < 1.29 is 9.59 Å². The van der Waals surface area contributed by atoms with Gasteiger partial charge in [-0.2, -0.15) is 0 Å². The maximum absolute atomic E-state index is 13.1. The number of anilines is 2. The number of halogens is 1. The fourth-order valence-electron chi connectivity index (χ4n) is 3.95. The molecular formula is C22H27ClN4O2. The summed E-state index contributed by atoms with van der Waals surface area (Å²) in [6, 6.07) is 16.3. The van der Waals surface area contributed by atoms with Gasteiger partial charge in [0.05, 0.1) is 17.9 Å². The van der Waals surface area contributed by atoms with E-state index in [1.807, 2.05) is 24.3 Å². The number of amides is 2. The lowest BCUT2D eigenvalue weighted by atomic mass is 10.0. The van der Waals surface area contributed by atoms with E-state index >= 15 is 0 Å². The lowest BCUT2D eigenvalue weighted by Crippen LogP contribution is -2.52. The Bertz CT molecular complexity index is 871. The van der Waals surface area contributed by atoms with Crippen LogP contribution in [0.4, 0.5) is 11.4 Å². The standard InChI is InChI=1S/C22H26N4O2.ClH/c1-2-16-7-9-17(10-8-16)20-13-23-11-12-25(20)15-22(28)26-14-21(27)24-18-5-3-4-6-19(18)26;/h3-10,20,23H,2,11-15H2,1H3,(H,24,27);1H. The fourth-order valence-corrected chi connectivity index (χ4v) is 3.95. The Morgan fingerprint density at radius 1 is 1.14 bits per heavy atom. The molecule has 0 aromatic heterocycles. The molecule has 0 radical (unpaired) electrons. The average Bonchev–Trinajstić information content (AvgIpc) is 2.73. The highest BCUT2D eigenvalue weighted by Gasteiger charge is 2.31. The molecule has 2 aliphatic heterocycles. The molecule has 0 saturated carbocycles. The van der Waals surface area contributed by atoms with Crippen molar-refractivity contribution in [2.45, 2.75) is 19.4 Å². The summed E-state index contributed by atoms with van der Waals surface area (Å²) < 4.78 is 0. The van der Waals surface area contributed by atoms with E-state index in [2.05, 4.69) is 46.7 Å². The van der Waals surface area contributed by atoms with E-state index in [9.17, 15) is 9.59 Å². The monoisotopic (exact) mass is 414 g/mol. The molecule has 2 aromatic carbocycles. The fraction of sp³-hybridized carbons (Fsp3) is 0.364. The SMILES string of the molecule is CCc1ccc(C2CNCCN2CC(=O)N2CC(=O)Nc3ccccc32)cc1.Cl. The van der Waals surface area contributed by atoms with Gasteiger partial charge < -0.3 is 10.6 Å². The first-order chi connectivity index (χ1) is 13.7. The highest BCUT2D eigenvalue weighted by molar-refractivity contribution is 6.10. The van der Waals surface area contributed by atoms with Crippen LogP contribution in [0.2, 0.25) is 0 Å². The molecule has 2 aliphatic rings. The van der Waals surface area contributed by atoms with Crippen molar-refractivity contribution in [3.8, 4) is 0 Å². The van der Waals surface area contributed by atoms with Crippen LogP contribution in [0.1, 0.15) is 24.1 Å². The van der Waals surface area contributed by atoms with E-state index in [4.69, 9.17) is 0 Å². The molecular weight excluding hydrogens is 388 g/mol. The van der Waals surface area contributed by atoms with Gasteiger partial charge in [-0.1, -0.05) is 43.3 Å². The number of rotatable bonds is 4. The first-order valence-electron chi connectivity index (χ1n) is 9.88. The lowest BCUT2D eigenvalue weighted by Gasteiger charge is -2.38. The zero-order valence-corrected chi connectivity index (χ0v) is 17.4. The molecule has 2 N–H and O–H groups in total. The minimum absolute atomic E-state index is 0. The highest BCUT2D eigenvalue weighted by atomic mass is 35.5. The quantitative estimate of drug-likeness (QED) is 0.807. The predicted octanol–water partition coefficient (Wildman–Crippen LogP) is 2.60. The van der Waals surface area contributed by atoms with Gasteiger partial charge in [-0.15, -0.1) is 12.4 Å². The maximum atomic E-state index is 13.1. The normalized spacial score (nSPS) is 19.1. The minimum Gasteiger partial charge on any atom is -0.323 e. The van der Waals surface area contributed by atoms with Crippen molar-refractivity contribution in [1.82, 2.24) is 10.2 Å². The van der Waals surface area contributed by atoms with Crippen molar-refractivity contribution >= 4 is 35.6 Å². The third-order valence-electron chi connectivity index (χ3n) is 5.54. The third kappa shape index (κ3) is 4.61. The van der Waals surface area contributed by atoms with Gasteiger partial charge in [0.1, 0.15) is 6.54 Å². The summed E-state index contributed by atoms with van der Waals surface area (Å²) in [5.41, 5.74) is 3.99. The molecule has 2 amide bonds. The topological polar surface area (TPSA) is 64.7 Å². The van der Waals surface area contributed by atoms with Crippen LogP contribution in [0.3, 0.4) is 0 Å². The van der Waals surface area contributed by atoms with Crippen LogP contribution in [-0.2, 0) is 16.0 Å². The van der Waals surface area contributed by atoms with E-state index in [1.54, 1.807) is 4.90 Å². The number of para-hydroxylation sites is 2. The lowest BCUT2D eigenvalue weighted by molar-refractivity contribution is -0.123.